The molecule has 0 radical (unpaired) electrons. The van der Waals surface area contributed by atoms with Crippen LogP contribution in [0.25, 0.3) is 0 Å². The average Bonchev–Trinajstić information content (AvgIpc) is 2.50. The smallest absolute Gasteiger partial charge is 0.119 e. The molecule has 1 saturated heterocycles. The number of allylic oxidation sites excluding steroid dienone is 2. The molecule has 1 aromatic carbocycles. The summed E-state index contributed by atoms with van der Waals surface area (Å²) in [5.41, 5.74) is 3.35. The third kappa shape index (κ3) is 1.54. The van der Waals surface area contributed by atoms with Crippen LogP contribution < -0.4 is 4.74 Å². The Hall–Kier alpha value is -1.28. The summed E-state index contributed by atoms with van der Waals surface area (Å²) in [6.07, 6.45) is 9.97. The van der Waals surface area contributed by atoms with E-state index in [0.29, 0.717) is 0 Å². The Morgan fingerprint density at radius 1 is 1.35 bits per heavy atom. The molecule has 2 bridgehead atoms. The van der Waals surface area contributed by atoms with Gasteiger partial charge in [0, 0.05) is 11.5 Å². The van der Waals surface area contributed by atoms with Crippen LogP contribution in [0, 0.1) is 5.92 Å². The molecule has 4 rings (SSSR count). The molecule has 0 amide bonds. The average molecular weight is 269 g/mol. The summed E-state index contributed by atoms with van der Waals surface area (Å²) >= 11 is 0. The number of methoxy groups -OCH3 is 1. The van der Waals surface area contributed by atoms with E-state index in [9.17, 15) is 0 Å². The zero-order valence-electron chi connectivity index (χ0n) is 12.4. The second kappa shape index (κ2) is 4.36. The van der Waals surface area contributed by atoms with Crippen LogP contribution in [0.5, 0.6) is 5.75 Å². The first kappa shape index (κ1) is 12.5. The minimum Gasteiger partial charge on any atom is -0.497 e. The van der Waals surface area contributed by atoms with E-state index >= 15 is 0 Å². The monoisotopic (exact) mass is 269 g/mol. The highest BCUT2D eigenvalue weighted by atomic mass is 16.5. The summed E-state index contributed by atoms with van der Waals surface area (Å²) in [4.78, 5) is 2.59. The standard InChI is InChI=1S/C18H23NO/c1-19-10-9-18-8-4-3-5-15(18)17(19)11-13-6-7-14(20-2)12-16(13)18/h4,6-8,12,15,17H,3,5,9-11H2,1-2H3. The summed E-state index contributed by atoms with van der Waals surface area (Å²) in [5.74, 6) is 1.79. The third-order valence-electron chi connectivity index (χ3n) is 5.88. The molecule has 3 atom stereocenters. The fraction of sp³-hybridized carbons (Fsp3) is 0.556. The van der Waals surface area contributed by atoms with Crippen LogP contribution >= 0.6 is 0 Å². The van der Waals surface area contributed by atoms with Crippen LogP contribution in [0.4, 0.5) is 0 Å². The van der Waals surface area contributed by atoms with Gasteiger partial charge in [-0.25, -0.2) is 0 Å². The summed E-state index contributed by atoms with van der Waals surface area (Å²) < 4.78 is 5.48. The first-order valence-electron chi connectivity index (χ1n) is 7.80. The molecule has 1 fully saturated rings. The quantitative estimate of drug-likeness (QED) is 0.726. The van der Waals surface area contributed by atoms with Gasteiger partial charge in [-0.05, 0) is 68.5 Å². The lowest BCUT2D eigenvalue weighted by Gasteiger charge is -2.56. The van der Waals surface area contributed by atoms with Crippen molar-refractivity contribution >= 4 is 0 Å². The van der Waals surface area contributed by atoms with Gasteiger partial charge in [-0.2, -0.15) is 0 Å². The second-order valence-electron chi connectivity index (χ2n) is 6.65. The lowest BCUT2D eigenvalue weighted by Crippen LogP contribution is -2.58. The summed E-state index contributed by atoms with van der Waals surface area (Å²) in [7, 11) is 4.08. The molecule has 20 heavy (non-hydrogen) atoms. The van der Waals surface area contributed by atoms with Crippen molar-refractivity contribution in [3.05, 3.63) is 41.5 Å². The third-order valence-corrected chi connectivity index (χ3v) is 5.88. The van der Waals surface area contributed by atoms with Gasteiger partial charge in [0.2, 0.25) is 0 Å². The van der Waals surface area contributed by atoms with Crippen LogP contribution in [-0.2, 0) is 11.8 Å². The van der Waals surface area contributed by atoms with E-state index in [0.717, 1.165) is 17.7 Å². The van der Waals surface area contributed by atoms with Crippen molar-refractivity contribution in [3.8, 4) is 5.75 Å². The Labute approximate surface area is 121 Å². The number of benzene rings is 1. The number of likely N-dealkylation sites (tertiary alicyclic amines) is 1. The molecular formula is C18H23NO. The zero-order chi connectivity index (χ0) is 13.7. The van der Waals surface area contributed by atoms with Gasteiger partial charge in [-0.1, -0.05) is 18.2 Å². The van der Waals surface area contributed by atoms with Gasteiger partial charge in [0.1, 0.15) is 5.75 Å². The fourth-order valence-electron chi connectivity index (χ4n) is 4.83. The van der Waals surface area contributed by atoms with Gasteiger partial charge in [0.15, 0.2) is 0 Å². The Balaban J connectivity index is 1.92. The van der Waals surface area contributed by atoms with Gasteiger partial charge in [-0.3, -0.25) is 0 Å². The highest BCUT2D eigenvalue weighted by molar-refractivity contribution is 5.48. The van der Waals surface area contributed by atoms with Crippen molar-refractivity contribution in [2.45, 2.75) is 37.1 Å². The Morgan fingerprint density at radius 2 is 2.25 bits per heavy atom. The number of likely N-dealkylation sites (N-methyl/N-ethyl adjacent to an activating group) is 1. The molecule has 1 aromatic rings. The van der Waals surface area contributed by atoms with E-state index in [1.807, 2.05) is 0 Å². The van der Waals surface area contributed by atoms with E-state index in [1.165, 1.54) is 37.8 Å². The van der Waals surface area contributed by atoms with Crippen molar-refractivity contribution in [2.24, 2.45) is 5.92 Å². The van der Waals surface area contributed by atoms with Crippen LogP contribution in [0.1, 0.15) is 30.4 Å². The van der Waals surface area contributed by atoms with E-state index in [1.54, 1.807) is 12.7 Å². The molecule has 3 aliphatic rings. The van der Waals surface area contributed by atoms with E-state index < -0.39 is 0 Å². The van der Waals surface area contributed by atoms with E-state index in [4.69, 9.17) is 4.74 Å². The molecule has 106 valence electrons. The number of hydrogen-bond acceptors (Lipinski definition) is 2. The molecule has 2 nitrogen and oxygen atoms in total. The van der Waals surface area contributed by atoms with Crippen LogP contribution in [0.2, 0.25) is 0 Å². The van der Waals surface area contributed by atoms with Crippen molar-refractivity contribution in [3.63, 3.8) is 0 Å². The number of piperidine rings is 1. The molecule has 2 heteroatoms. The predicted molar refractivity (Wildman–Crippen MR) is 81.3 cm³/mol. The number of fused-ring (bicyclic) bond motifs is 1. The molecule has 1 aliphatic heterocycles. The van der Waals surface area contributed by atoms with Crippen LogP contribution in [0.3, 0.4) is 0 Å². The zero-order valence-corrected chi connectivity index (χ0v) is 12.4. The maximum absolute atomic E-state index is 5.48. The van der Waals surface area contributed by atoms with Gasteiger partial charge in [0.25, 0.3) is 0 Å². The number of hydrogen-bond donors (Lipinski definition) is 0. The maximum atomic E-state index is 5.48. The SMILES string of the molecule is COc1ccc2c(c1)C13C=CCCC1C(C2)N(C)CC3. The van der Waals surface area contributed by atoms with Crippen molar-refractivity contribution < 1.29 is 4.74 Å². The summed E-state index contributed by atoms with van der Waals surface area (Å²) in [6, 6.07) is 7.44. The Bertz CT molecular complexity index is 565. The van der Waals surface area contributed by atoms with Gasteiger partial charge < -0.3 is 9.64 Å². The van der Waals surface area contributed by atoms with Gasteiger partial charge in [0.05, 0.1) is 7.11 Å². The number of ether oxygens (including phenoxy) is 1. The normalized spacial score (nSPS) is 35.3. The van der Waals surface area contributed by atoms with Crippen molar-refractivity contribution in [1.82, 2.24) is 4.90 Å². The lowest BCUT2D eigenvalue weighted by atomic mass is 9.54. The number of nitrogens with zero attached hydrogens (tertiary/aromatic N) is 1. The molecular weight excluding hydrogens is 246 g/mol. The van der Waals surface area contributed by atoms with Gasteiger partial charge in [-0.15, -0.1) is 0 Å². The maximum Gasteiger partial charge on any atom is 0.119 e. The minimum atomic E-state index is 0.275. The summed E-state index contributed by atoms with van der Waals surface area (Å²) in [6.45, 7) is 1.21. The fourth-order valence-corrected chi connectivity index (χ4v) is 4.83. The van der Waals surface area contributed by atoms with Crippen LogP contribution in [0.15, 0.2) is 30.4 Å². The highest BCUT2D eigenvalue weighted by Gasteiger charge is 2.51. The molecule has 0 saturated carbocycles. The van der Waals surface area contributed by atoms with Crippen molar-refractivity contribution in [1.29, 1.82) is 0 Å². The molecule has 0 aromatic heterocycles. The van der Waals surface area contributed by atoms with Crippen LogP contribution in [-0.4, -0.2) is 31.6 Å². The highest BCUT2D eigenvalue weighted by Crippen LogP contribution is 2.53. The topological polar surface area (TPSA) is 12.5 Å². The molecule has 1 heterocycles. The lowest BCUT2D eigenvalue weighted by molar-refractivity contribution is 0.0453. The van der Waals surface area contributed by atoms with Crippen molar-refractivity contribution in [2.75, 3.05) is 20.7 Å². The summed E-state index contributed by atoms with van der Waals surface area (Å²) in [5, 5.41) is 0. The first-order chi connectivity index (χ1) is 9.74. The minimum absolute atomic E-state index is 0.275. The Morgan fingerprint density at radius 3 is 3.10 bits per heavy atom. The molecule has 3 unspecified atom stereocenters. The first-order valence-corrected chi connectivity index (χ1v) is 7.80. The Kier molecular flexibility index (Phi) is 2.71. The van der Waals surface area contributed by atoms with E-state index in [2.05, 4.69) is 42.3 Å². The second-order valence-corrected chi connectivity index (χ2v) is 6.65. The predicted octanol–water partition coefficient (Wildman–Crippen LogP) is 3.16. The van der Waals surface area contributed by atoms with E-state index in [-0.39, 0.29) is 5.41 Å². The largest absolute Gasteiger partial charge is 0.497 e. The molecule has 0 N–H and O–H groups in total. The van der Waals surface area contributed by atoms with Gasteiger partial charge >= 0.3 is 0 Å². The molecule has 2 aliphatic carbocycles. The molecule has 0 spiro atoms. The number of rotatable bonds is 1.